The van der Waals surface area contributed by atoms with E-state index in [9.17, 15) is 0 Å². The lowest BCUT2D eigenvalue weighted by Crippen LogP contribution is -2.31. The Morgan fingerprint density at radius 3 is 2.43 bits per heavy atom. The average Bonchev–Trinajstić information content (AvgIpc) is 3.74. The van der Waals surface area contributed by atoms with Crippen LogP contribution < -0.4 is 9.64 Å². The van der Waals surface area contributed by atoms with E-state index in [4.69, 9.17) is 14.7 Å². The fraction of sp³-hybridized carbons (Fsp3) is 0.0732. The summed E-state index contributed by atoms with van der Waals surface area (Å²) in [5.74, 6) is 2.48. The Morgan fingerprint density at radius 1 is 0.681 bits per heavy atom. The predicted octanol–water partition coefficient (Wildman–Crippen LogP) is 11.3. The standard InChI is InChI=1S/C41H28N4OS/c1-41(2)33-14-5-7-16-35(33)45(40-37(41)38-32(24-43-40)30-13-4-8-17-36(30)47-38)25-10-9-11-26(22-25)46-27-18-19-28-29-12-3-6-15-34(29)44-21-20-42-39(44)31(28)23-27/h3-24H,1-2H3. The van der Waals surface area contributed by atoms with Gasteiger partial charge in [-0.15, -0.1) is 11.3 Å². The summed E-state index contributed by atoms with van der Waals surface area (Å²) < 4.78 is 11.3. The number of hydrogen-bond acceptors (Lipinski definition) is 5. The second kappa shape index (κ2) is 9.64. The molecule has 0 spiro atoms. The maximum absolute atomic E-state index is 6.60. The van der Waals surface area contributed by atoms with Crippen molar-refractivity contribution in [2.24, 2.45) is 0 Å². The van der Waals surface area contributed by atoms with Crippen molar-refractivity contribution >= 4 is 76.0 Å². The summed E-state index contributed by atoms with van der Waals surface area (Å²) in [6.45, 7) is 4.65. The van der Waals surface area contributed by atoms with Crippen molar-refractivity contribution in [3.05, 3.63) is 145 Å². The van der Waals surface area contributed by atoms with E-state index in [1.54, 1.807) is 0 Å². The van der Waals surface area contributed by atoms with E-state index in [0.717, 1.165) is 50.6 Å². The van der Waals surface area contributed by atoms with Crippen molar-refractivity contribution in [3.8, 4) is 11.5 Å². The molecule has 0 aliphatic carbocycles. The SMILES string of the molecule is CC1(C)c2ccccc2N(c2cccc(Oc3ccc4c5ccccc5n5ccnc5c4c3)c2)c2ncc3c(sc4ccccc43)c21. The van der Waals surface area contributed by atoms with Gasteiger partial charge in [-0.3, -0.25) is 9.30 Å². The second-order valence-corrected chi connectivity index (χ2v) is 13.8. The third kappa shape index (κ3) is 3.76. The Labute approximate surface area is 274 Å². The zero-order valence-corrected chi connectivity index (χ0v) is 26.6. The van der Waals surface area contributed by atoms with Gasteiger partial charge in [0.1, 0.15) is 23.0 Å². The Morgan fingerprint density at radius 2 is 1.49 bits per heavy atom. The Balaban J connectivity index is 1.12. The zero-order valence-electron chi connectivity index (χ0n) is 25.8. The topological polar surface area (TPSA) is 42.7 Å². The van der Waals surface area contributed by atoms with Crippen LogP contribution in [0.5, 0.6) is 11.5 Å². The van der Waals surface area contributed by atoms with Crippen LogP contribution in [0.4, 0.5) is 17.2 Å². The van der Waals surface area contributed by atoms with E-state index in [2.05, 4.69) is 139 Å². The molecular formula is C41H28N4OS. The molecule has 0 saturated carbocycles. The Bertz CT molecular complexity index is 2720. The minimum Gasteiger partial charge on any atom is -0.457 e. The molecule has 0 unspecified atom stereocenters. The number of ether oxygens (including phenoxy) is 1. The first-order valence-electron chi connectivity index (χ1n) is 15.8. The number of hydrogen-bond donors (Lipinski definition) is 0. The molecule has 4 aromatic heterocycles. The van der Waals surface area contributed by atoms with Crippen LogP contribution in [-0.4, -0.2) is 14.4 Å². The highest BCUT2D eigenvalue weighted by atomic mass is 32.1. The molecule has 1 aliphatic heterocycles. The van der Waals surface area contributed by atoms with Crippen molar-refractivity contribution in [2.45, 2.75) is 19.3 Å². The van der Waals surface area contributed by atoms with E-state index < -0.39 is 0 Å². The second-order valence-electron chi connectivity index (χ2n) is 12.7. The molecule has 5 aromatic carbocycles. The van der Waals surface area contributed by atoms with Crippen LogP contribution in [0.3, 0.4) is 0 Å². The van der Waals surface area contributed by atoms with Crippen LogP contribution in [-0.2, 0) is 5.41 Å². The van der Waals surface area contributed by atoms with Crippen molar-refractivity contribution in [1.29, 1.82) is 0 Å². The number of anilines is 3. The smallest absolute Gasteiger partial charge is 0.145 e. The van der Waals surface area contributed by atoms with E-state index >= 15 is 0 Å². The normalized spacial score (nSPS) is 13.9. The molecule has 0 fully saturated rings. The number of aromatic nitrogens is 3. The average molecular weight is 625 g/mol. The maximum Gasteiger partial charge on any atom is 0.145 e. The van der Waals surface area contributed by atoms with Crippen molar-refractivity contribution in [1.82, 2.24) is 14.4 Å². The lowest BCUT2D eigenvalue weighted by molar-refractivity contribution is 0.483. The largest absolute Gasteiger partial charge is 0.457 e. The molecule has 5 nitrogen and oxygen atoms in total. The summed E-state index contributed by atoms with van der Waals surface area (Å²) in [6, 6.07) is 40.4. The molecule has 0 amide bonds. The van der Waals surface area contributed by atoms with Gasteiger partial charge in [0, 0.05) is 66.6 Å². The predicted molar refractivity (Wildman–Crippen MR) is 194 cm³/mol. The third-order valence-electron chi connectivity index (χ3n) is 9.69. The molecule has 47 heavy (non-hydrogen) atoms. The maximum atomic E-state index is 6.60. The lowest BCUT2D eigenvalue weighted by Gasteiger charge is -2.41. The first kappa shape index (κ1) is 26.5. The van der Waals surface area contributed by atoms with Gasteiger partial charge in [0.15, 0.2) is 0 Å². The molecule has 5 heterocycles. The van der Waals surface area contributed by atoms with Crippen LogP contribution in [0.25, 0.3) is 47.5 Å². The number of benzene rings is 5. The minimum atomic E-state index is -0.239. The molecule has 0 saturated heterocycles. The number of thiophene rings is 1. The summed E-state index contributed by atoms with van der Waals surface area (Å²) in [5, 5.41) is 5.87. The number of fused-ring (bicyclic) bond motifs is 12. The van der Waals surface area contributed by atoms with Crippen LogP contribution in [0.2, 0.25) is 0 Å². The summed E-state index contributed by atoms with van der Waals surface area (Å²) >= 11 is 1.86. The van der Waals surface area contributed by atoms with Gasteiger partial charge in [-0.25, -0.2) is 9.97 Å². The summed E-state index contributed by atoms with van der Waals surface area (Å²) in [6.07, 6.45) is 5.93. The number of imidazole rings is 1. The van der Waals surface area contributed by atoms with Crippen molar-refractivity contribution in [2.75, 3.05) is 4.90 Å². The molecule has 224 valence electrons. The van der Waals surface area contributed by atoms with Gasteiger partial charge in [-0.1, -0.05) is 74.5 Å². The van der Waals surface area contributed by atoms with Gasteiger partial charge in [-0.2, -0.15) is 0 Å². The molecule has 6 heteroatoms. The molecule has 0 bridgehead atoms. The first-order valence-corrected chi connectivity index (χ1v) is 16.6. The van der Waals surface area contributed by atoms with Gasteiger partial charge in [0.25, 0.3) is 0 Å². The van der Waals surface area contributed by atoms with Gasteiger partial charge in [0.05, 0.1) is 16.9 Å². The lowest BCUT2D eigenvalue weighted by atomic mass is 9.74. The molecule has 0 N–H and O–H groups in total. The molecule has 10 rings (SSSR count). The highest BCUT2D eigenvalue weighted by Gasteiger charge is 2.40. The van der Waals surface area contributed by atoms with Crippen LogP contribution in [0.1, 0.15) is 25.0 Å². The highest BCUT2D eigenvalue weighted by Crippen LogP contribution is 2.55. The summed E-state index contributed by atoms with van der Waals surface area (Å²) in [7, 11) is 0. The van der Waals surface area contributed by atoms with Gasteiger partial charge in [-0.05, 0) is 59.5 Å². The molecule has 0 radical (unpaired) electrons. The first-order chi connectivity index (χ1) is 23.1. The van der Waals surface area contributed by atoms with E-state index in [0.29, 0.717) is 0 Å². The summed E-state index contributed by atoms with van der Waals surface area (Å²) in [4.78, 5) is 12.2. The zero-order chi connectivity index (χ0) is 31.3. The number of nitrogens with zero attached hydrogens (tertiary/aromatic N) is 4. The third-order valence-corrected chi connectivity index (χ3v) is 10.9. The fourth-order valence-electron chi connectivity index (χ4n) is 7.55. The molecule has 9 aromatic rings. The number of rotatable bonds is 3. The molecule has 0 atom stereocenters. The van der Waals surface area contributed by atoms with Gasteiger partial charge in [0.2, 0.25) is 0 Å². The van der Waals surface area contributed by atoms with Crippen LogP contribution >= 0.6 is 11.3 Å². The highest BCUT2D eigenvalue weighted by molar-refractivity contribution is 7.26. The van der Waals surface area contributed by atoms with E-state index in [1.807, 2.05) is 29.8 Å². The fourth-order valence-corrected chi connectivity index (χ4v) is 8.92. The Kier molecular flexibility index (Phi) is 5.44. The van der Waals surface area contributed by atoms with E-state index in [1.165, 1.54) is 36.7 Å². The van der Waals surface area contributed by atoms with Gasteiger partial charge < -0.3 is 4.74 Å². The number of pyridine rings is 2. The molecule has 1 aliphatic rings. The monoisotopic (exact) mass is 624 g/mol. The molecular weight excluding hydrogens is 597 g/mol. The van der Waals surface area contributed by atoms with Crippen LogP contribution in [0.15, 0.2) is 134 Å². The quantitative estimate of drug-likeness (QED) is 0.183. The van der Waals surface area contributed by atoms with Crippen molar-refractivity contribution in [3.63, 3.8) is 0 Å². The number of para-hydroxylation sites is 2. The summed E-state index contributed by atoms with van der Waals surface area (Å²) in [5.41, 5.74) is 6.48. The Hall–Kier alpha value is -5.72. The van der Waals surface area contributed by atoms with Crippen molar-refractivity contribution < 1.29 is 4.74 Å². The minimum absolute atomic E-state index is 0.239. The van der Waals surface area contributed by atoms with Crippen LogP contribution in [0, 0.1) is 0 Å². The van der Waals surface area contributed by atoms with Gasteiger partial charge >= 0.3 is 0 Å². The van der Waals surface area contributed by atoms with E-state index in [-0.39, 0.29) is 5.41 Å².